The summed E-state index contributed by atoms with van der Waals surface area (Å²) in [5.41, 5.74) is 1.03. The normalized spacial score (nSPS) is 10.9. The Morgan fingerprint density at radius 3 is 2.19 bits per heavy atom. The van der Waals surface area contributed by atoms with Crippen LogP contribution in [0, 0.1) is 6.92 Å². The first-order chi connectivity index (χ1) is 7.33. The zero-order valence-electron chi connectivity index (χ0n) is 9.10. The van der Waals surface area contributed by atoms with Crippen molar-refractivity contribution in [3.8, 4) is 0 Å². The predicted octanol–water partition coefficient (Wildman–Crippen LogP) is 1.39. The molecular weight excluding hydrogens is 226 g/mol. The number of sulfonamides is 1. The zero-order valence-corrected chi connectivity index (χ0v) is 9.91. The van der Waals surface area contributed by atoms with E-state index in [1.54, 1.807) is 12.1 Å². The quantitative estimate of drug-likeness (QED) is 0.747. The molecule has 0 unspecified atom stereocenters. The fourth-order valence-electron chi connectivity index (χ4n) is 0.950. The second kappa shape index (κ2) is 4.49. The van der Waals surface area contributed by atoms with Crippen LogP contribution in [0.3, 0.4) is 0 Å². The van der Waals surface area contributed by atoms with Crippen LogP contribution < -0.4 is 4.72 Å². The summed E-state index contributed by atoms with van der Waals surface area (Å²) in [4.78, 5) is 11.2. The topological polar surface area (TPSA) is 65.3 Å². The van der Waals surface area contributed by atoms with Gasteiger partial charge in [-0.2, -0.15) is 8.42 Å². The van der Waals surface area contributed by atoms with Gasteiger partial charge in [-0.25, -0.2) is 0 Å². The van der Waals surface area contributed by atoms with Gasteiger partial charge < -0.3 is 0 Å². The first-order valence-corrected chi connectivity index (χ1v) is 6.01. The molecule has 0 spiro atoms. The molecule has 0 aliphatic rings. The zero-order chi connectivity index (χ0) is 12.3. The molecule has 0 aliphatic heterocycles. The van der Waals surface area contributed by atoms with Crippen LogP contribution in [0.15, 0.2) is 41.3 Å². The van der Waals surface area contributed by atoms with Gasteiger partial charge in [-0.1, -0.05) is 24.3 Å². The number of amides is 1. The van der Waals surface area contributed by atoms with Gasteiger partial charge in [0.15, 0.2) is 0 Å². The maximum Gasteiger partial charge on any atom is 0.285 e. The minimum Gasteiger partial charge on any atom is -0.266 e. The van der Waals surface area contributed by atoms with E-state index in [0.717, 1.165) is 5.56 Å². The third kappa shape index (κ3) is 2.93. The van der Waals surface area contributed by atoms with Crippen molar-refractivity contribution in [2.75, 3.05) is 0 Å². The molecule has 0 saturated heterocycles. The van der Waals surface area contributed by atoms with Gasteiger partial charge >= 0.3 is 0 Å². The third-order valence-corrected chi connectivity index (χ3v) is 3.16. The molecule has 0 atom stereocenters. The van der Waals surface area contributed by atoms with Crippen molar-refractivity contribution in [3.05, 3.63) is 42.0 Å². The number of hydrogen-bond donors (Lipinski definition) is 0. The van der Waals surface area contributed by atoms with Gasteiger partial charge in [0.2, 0.25) is 0 Å². The summed E-state index contributed by atoms with van der Waals surface area (Å²) in [7, 11) is -3.91. The Kier molecular flexibility index (Phi) is 3.49. The molecule has 0 bridgehead atoms. The molecule has 0 saturated carbocycles. The Labute approximate surface area is 95.0 Å². The van der Waals surface area contributed by atoms with Gasteiger partial charge in [0, 0.05) is 5.57 Å². The van der Waals surface area contributed by atoms with E-state index < -0.39 is 15.9 Å². The van der Waals surface area contributed by atoms with Crippen LogP contribution in [-0.2, 0) is 14.8 Å². The standard InChI is InChI=1S/C11H12NO3S/c1-8(2)11(13)12-16(14,15)10-6-4-9(3)5-7-10/h4-7H,1H2,2-3H3. The molecule has 1 aromatic carbocycles. The van der Waals surface area contributed by atoms with E-state index in [1.165, 1.54) is 19.1 Å². The molecule has 1 amide bonds. The fraction of sp³-hybridized carbons (Fsp3) is 0.182. The Bertz CT molecular complexity index is 515. The molecule has 0 aromatic heterocycles. The van der Waals surface area contributed by atoms with Crippen LogP contribution in [-0.4, -0.2) is 14.3 Å². The van der Waals surface area contributed by atoms with Gasteiger partial charge in [0.05, 0.1) is 4.90 Å². The summed E-state index contributed by atoms with van der Waals surface area (Å²) in [6.45, 7) is 6.59. The van der Waals surface area contributed by atoms with Crippen LogP contribution >= 0.6 is 0 Å². The highest BCUT2D eigenvalue weighted by molar-refractivity contribution is 7.90. The highest BCUT2D eigenvalue weighted by Crippen LogP contribution is 2.11. The lowest BCUT2D eigenvalue weighted by molar-refractivity contribution is -0.115. The number of carbonyl (C=O) groups is 1. The van der Waals surface area contributed by atoms with E-state index in [4.69, 9.17) is 0 Å². The summed E-state index contributed by atoms with van der Waals surface area (Å²) in [5.74, 6) is -0.819. The van der Waals surface area contributed by atoms with Gasteiger partial charge in [-0.05, 0) is 26.0 Å². The minimum atomic E-state index is -3.91. The molecule has 4 nitrogen and oxygen atoms in total. The number of hydrogen-bond acceptors (Lipinski definition) is 3. The maximum absolute atomic E-state index is 11.6. The van der Waals surface area contributed by atoms with E-state index in [-0.39, 0.29) is 10.5 Å². The maximum atomic E-state index is 11.6. The number of benzene rings is 1. The van der Waals surface area contributed by atoms with Crippen molar-refractivity contribution < 1.29 is 13.2 Å². The fourth-order valence-corrected chi connectivity index (χ4v) is 1.91. The summed E-state index contributed by atoms with van der Waals surface area (Å²) in [6.07, 6.45) is 0. The van der Waals surface area contributed by atoms with Crippen LogP contribution in [0.2, 0.25) is 0 Å². The minimum absolute atomic E-state index is 0.00713. The Balaban J connectivity index is 2.99. The Hall–Kier alpha value is -1.62. The first-order valence-electron chi connectivity index (χ1n) is 4.57. The smallest absolute Gasteiger partial charge is 0.266 e. The van der Waals surface area contributed by atoms with Crippen molar-refractivity contribution >= 4 is 15.9 Å². The molecule has 85 valence electrons. The molecule has 16 heavy (non-hydrogen) atoms. The average Bonchev–Trinajstić information content (AvgIpc) is 2.17. The van der Waals surface area contributed by atoms with E-state index in [1.807, 2.05) is 6.92 Å². The predicted molar refractivity (Wildman–Crippen MR) is 60.3 cm³/mol. The lowest BCUT2D eigenvalue weighted by Gasteiger charge is -2.03. The van der Waals surface area contributed by atoms with Crippen molar-refractivity contribution in [1.29, 1.82) is 0 Å². The van der Waals surface area contributed by atoms with Crippen LogP contribution in [0.4, 0.5) is 0 Å². The van der Waals surface area contributed by atoms with Gasteiger partial charge in [-0.3, -0.25) is 4.79 Å². The van der Waals surface area contributed by atoms with E-state index in [9.17, 15) is 13.2 Å². The number of aryl methyl sites for hydroxylation is 1. The lowest BCUT2D eigenvalue weighted by Crippen LogP contribution is -2.23. The Morgan fingerprint density at radius 2 is 1.75 bits per heavy atom. The molecule has 5 heteroatoms. The second-order valence-electron chi connectivity index (χ2n) is 3.46. The molecule has 1 rings (SSSR count). The van der Waals surface area contributed by atoms with Crippen molar-refractivity contribution in [1.82, 2.24) is 4.72 Å². The summed E-state index contributed by atoms with van der Waals surface area (Å²) >= 11 is 0. The monoisotopic (exact) mass is 238 g/mol. The molecule has 0 aliphatic carbocycles. The van der Waals surface area contributed by atoms with E-state index in [2.05, 4.69) is 11.3 Å². The number of nitrogens with zero attached hydrogens (tertiary/aromatic N) is 1. The molecule has 1 radical (unpaired) electrons. The van der Waals surface area contributed by atoms with Crippen molar-refractivity contribution in [2.24, 2.45) is 0 Å². The largest absolute Gasteiger partial charge is 0.285 e. The molecule has 0 heterocycles. The summed E-state index contributed by atoms with van der Waals surface area (Å²) in [5, 5.41) is 0. The summed E-state index contributed by atoms with van der Waals surface area (Å²) < 4.78 is 26.4. The first kappa shape index (κ1) is 12.4. The lowest BCUT2D eigenvalue weighted by atomic mass is 10.2. The molecule has 0 N–H and O–H groups in total. The molecule has 0 fully saturated rings. The van der Waals surface area contributed by atoms with Gasteiger partial charge in [-0.15, -0.1) is 4.72 Å². The van der Waals surface area contributed by atoms with Crippen LogP contribution in [0.1, 0.15) is 12.5 Å². The average molecular weight is 238 g/mol. The molecular formula is C11H12NO3S. The van der Waals surface area contributed by atoms with Crippen molar-refractivity contribution in [2.45, 2.75) is 18.7 Å². The third-order valence-electron chi connectivity index (χ3n) is 1.89. The highest BCUT2D eigenvalue weighted by atomic mass is 32.2. The second-order valence-corrected chi connectivity index (χ2v) is 5.07. The van der Waals surface area contributed by atoms with E-state index in [0.29, 0.717) is 0 Å². The Morgan fingerprint density at radius 1 is 1.25 bits per heavy atom. The van der Waals surface area contributed by atoms with Crippen LogP contribution in [0.25, 0.3) is 0 Å². The van der Waals surface area contributed by atoms with Crippen LogP contribution in [0.5, 0.6) is 0 Å². The van der Waals surface area contributed by atoms with Crippen molar-refractivity contribution in [3.63, 3.8) is 0 Å². The SMILES string of the molecule is C=C(C)C(=O)[N]S(=O)(=O)c1ccc(C)cc1. The number of rotatable bonds is 3. The van der Waals surface area contributed by atoms with E-state index >= 15 is 0 Å². The number of carbonyl (C=O) groups excluding carboxylic acids is 1. The summed E-state index contributed by atoms with van der Waals surface area (Å²) in [6, 6.07) is 6.13. The van der Waals surface area contributed by atoms with Gasteiger partial charge in [0.1, 0.15) is 0 Å². The molecule has 1 aromatic rings. The highest BCUT2D eigenvalue weighted by Gasteiger charge is 2.20. The van der Waals surface area contributed by atoms with Gasteiger partial charge in [0.25, 0.3) is 15.9 Å².